The van der Waals surface area contributed by atoms with Crippen LogP contribution in [-0.4, -0.2) is 42.8 Å². The molecule has 0 aliphatic rings. The molecule has 0 aromatic carbocycles. The monoisotopic (exact) mass is 160 g/mol. The zero-order valence-electron chi connectivity index (χ0n) is 7.75. The van der Waals surface area contributed by atoms with Crippen molar-refractivity contribution in [2.75, 3.05) is 20.6 Å². The Bertz CT molecular complexity index is 96.1. The smallest absolute Gasteiger partial charge is 0.0703 e. The zero-order valence-corrected chi connectivity index (χ0v) is 7.75. The van der Waals surface area contributed by atoms with Crippen LogP contribution in [0.4, 0.5) is 0 Å². The van der Waals surface area contributed by atoms with Crippen molar-refractivity contribution in [3.8, 4) is 0 Å². The fraction of sp³-hybridized carbons (Fsp3) is 1.00. The Morgan fingerprint density at radius 3 is 2.36 bits per heavy atom. The van der Waals surface area contributed by atoms with E-state index in [0.29, 0.717) is 0 Å². The number of rotatable bonds is 5. The Kier molecular flexibility index (Phi) is 5.46. The van der Waals surface area contributed by atoms with Gasteiger partial charge in [0.2, 0.25) is 0 Å². The van der Waals surface area contributed by atoms with Crippen LogP contribution in [0.1, 0.15) is 19.8 Å². The van der Waals surface area contributed by atoms with Crippen LogP contribution in [0.5, 0.6) is 0 Å². The average molecular weight is 160 g/mol. The number of nitrogens with zero attached hydrogens (tertiary/aromatic N) is 1. The molecule has 0 saturated heterocycles. The van der Waals surface area contributed by atoms with Gasteiger partial charge in [-0.25, -0.2) is 0 Å². The quantitative estimate of drug-likeness (QED) is 0.597. The van der Waals surface area contributed by atoms with Crippen LogP contribution in [0.15, 0.2) is 0 Å². The Labute approximate surface area is 69.2 Å². The van der Waals surface area contributed by atoms with Gasteiger partial charge >= 0.3 is 0 Å². The van der Waals surface area contributed by atoms with Crippen molar-refractivity contribution in [2.45, 2.75) is 31.9 Å². The molecule has 0 aromatic rings. The first-order valence-corrected chi connectivity index (χ1v) is 4.16. The SMILES string of the molecule is CCC(N)C(O)CCN(C)C. The lowest BCUT2D eigenvalue weighted by molar-refractivity contribution is 0.123. The van der Waals surface area contributed by atoms with E-state index in [4.69, 9.17) is 5.73 Å². The van der Waals surface area contributed by atoms with Gasteiger partial charge in [-0.2, -0.15) is 0 Å². The predicted octanol–water partition coefficient (Wildman–Crippen LogP) is 0.0363. The van der Waals surface area contributed by atoms with E-state index in [-0.39, 0.29) is 12.1 Å². The molecule has 0 aromatic heterocycles. The molecule has 0 rings (SSSR count). The molecule has 0 saturated carbocycles. The summed E-state index contributed by atoms with van der Waals surface area (Å²) in [6, 6.07) is -0.0602. The van der Waals surface area contributed by atoms with Crippen LogP contribution in [0, 0.1) is 0 Å². The molecule has 0 aliphatic carbocycles. The van der Waals surface area contributed by atoms with Crippen LogP contribution < -0.4 is 5.73 Å². The Hall–Kier alpha value is -0.120. The summed E-state index contributed by atoms with van der Waals surface area (Å²) in [6.45, 7) is 2.89. The third-order valence-corrected chi connectivity index (χ3v) is 1.84. The van der Waals surface area contributed by atoms with Crippen molar-refractivity contribution in [1.82, 2.24) is 4.90 Å². The highest BCUT2D eigenvalue weighted by molar-refractivity contribution is 4.70. The van der Waals surface area contributed by atoms with E-state index in [2.05, 4.69) is 0 Å². The number of aliphatic hydroxyl groups excluding tert-OH is 1. The summed E-state index contributed by atoms with van der Waals surface area (Å²) < 4.78 is 0. The highest BCUT2D eigenvalue weighted by atomic mass is 16.3. The lowest BCUT2D eigenvalue weighted by Crippen LogP contribution is -2.35. The molecule has 68 valence electrons. The van der Waals surface area contributed by atoms with E-state index in [1.807, 2.05) is 25.9 Å². The van der Waals surface area contributed by atoms with Gasteiger partial charge in [0, 0.05) is 12.6 Å². The number of nitrogens with two attached hydrogens (primary N) is 1. The van der Waals surface area contributed by atoms with Gasteiger partial charge in [-0.1, -0.05) is 6.92 Å². The van der Waals surface area contributed by atoms with E-state index in [1.54, 1.807) is 0 Å². The minimum absolute atomic E-state index is 0.0602. The maximum Gasteiger partial charge on any atom is 0.0703 e. The van der Waals surface area contributed by atoms with Gasteiger partial charge in [-0.15, -0.1) is 0 Å². The fourth-order valence-electron chi connectivity index (χ4n) is 0.877. The molecule has 0 amide bonds. The van der Waals surface area contributed by atoms with Gasteiger partial charge in [0.25, 0.3) is 0 Å². The molecule has 3 heteroatoms. The summed E-state index contributed by atoms with van der Waals surface area (Å²) in [4.78, 5) is 2.05. The lowest BCUT2D eigenvalue weighted by atomic mass is 10.1. The molecule has 3 N–H and O–H groups in total. The van der Waals surface area contributed by atoms with Crippen molar-refractivity contribution in [2.24, 2.45) is 5.73 Å². The lowest BCUT2D eigenvalue weighted by Gasteiger charge is -2.18. The van der Waals surface area contributed by atoms with E-state index >= 15 is 0 Å². The zero-order chi connectivity index (χ0) is 8.85. The third-order valence-electron chi connectivity index (χ3n) is 1.84. The number of hydrogen-bond donors (Lipinski definition) is 2. The maximum absolute atomic E-state index is 9.41. The predicted molar refractivity (Wildman–Crippen MR) is 47.4 cm³/mol. The minimum Gasteiger partial charge on any atom is -0.391 e. The van der Waals surface area contributed by atoms with Gasteiger partial charge in [-0.3, -0.25) is 0 Å². The first kappa shape index (κ1) is 10.9. The van der Waals surface area contributed by atoms with Crippen LogP contribution in [0.2, 0.25) is 0 Å². The average Bonchev–Trinajstić information content (AvgIpc) is 1.98. The highest BCUT2D eigenvalue weighted by Gasteiger charge is 2.11. The minimum atomic E-state index is -0.345. The summed E-state index contributed by atoms with van der Waals surface area (Å²) in [5.41, 5.74) is 5.63. The molecule has 0 heterocycles. The molecular weight excluding hydrogens is 140 g/mol. The second-order valence-electron chi connectivity index (χ2n) is 3.23. The van der Waals surface area contributed by atoms with Gasteiger partial charge in [0.15, 0.2) is 0 Å². The van der Waals surface area contributed by atoms with Crippen molar-refractivity contribution in [3.05, 3.63) is 0 Å². The summed E-state index contributed by atoms with van der Waals surface area (Å²) in [5.74, 6) is 0. The molecule has 11 heavy (non-hydrogen) atoms. The van der Waals surface area contributed by atoms with Crippen LogP contribution in [0.3, 0.4) is 0 Å². The molecular formula is C8H20N2O. The van der Waals surface area contributed by atoms with Gasteiger partial charge in [-0.05, 0) is 26.9 Å². The third kappa shape index (κ3) is 5.18. The summed E-state index contributed by atoms with van der Waals surface area (Å²) >= 11 is 0. The van der Waals surface area contributed by atoms with Crippen LogP contribution >= 0.6 is 0 Å². The Balaban J connectivity index is 3.43. The first-order chi connectivity index (χ1) is 5.07. The van der Waals surface area contributed by atoms with E-state index in [0.717, 1.165) is 19.4 Å². The molecule has 0 fully saturated rings. The second kappa shape index (κ2) is 5.52. The van der Waals surface area contributed by atoms with Crippen LogP contribution in [-0.2, 0) is 0 Å². The normalized spacial score (nSPS) is 16.9. The standard InChI is InChI=1S/C8H20N2O/c1-4-7(9)8(11)5-6-10(2)3/h7-8,11H,4-6,9H2,1-3H3. The van der Waals surface area contributed by atoms with Gasteiger partial charge in [0.1, 0.15) is 0 Å². The van der Waals surface area contributed by atoms with E-state index in [1.165, 1.54) is 0 Å². The van der Waals surface area contributed by atoms with E-state index < -0.39 is 0 Å². The largest absolute Gasteiger partial charge is 0.391 e. The maximum atomic E-state index is 9.41. The molecule has 0 spiro atoms. The van der Waals surface area contributed by atoms with Crippen molar-refractivity contribution < 1.29 is 5.11 Å². The highest BCUT2D eigenvalue weighted by Crippen LogP contribution is 2.00. The molecule has 2 atom stereocenters. The summed E-state index contributed by atoms with van der Waals surface area (Å²) in [7, 11) is 3.98. The number of aliphatic hydroxyl groups is 1. The van der Waals surface area contributed by atoms with Gasteiger partial charge in [0.05, 0.1) is 6.10 Å². The molecule has 0 radical (unpaired) electrons. The molecule has 2 unspecified atom stereocenters. The first-order valence-electron chi connectivity index (χ1n) is 4.16. The molecule has 0 bridgehead atoms. The molecule has 3 nitrogen and oxygen atoms in total. The fourth-order valence-corrected chi connectivity index (χ4v) is 0.877. The van der Waals surface area contributed by atoms with E-state index in [9.17, 15) is 5.11 Å². The van der Waals surface area contributed by atoms with Crippen LogP contribution in [0.25, 0.3) is 0 Å². The summed E-state index contributed by atoms with van der Waals surface area (Å²) in [6.07, 6.45) is 1.26. The topological polar surface area (TPSA) is 49.5 Å². The van der Waals surface area contributed by atoms with Crippen molar-refractivity contribution in [1.29, 1.82) is 0 Å². The van der Waals surface area contributed by atoms with Crippen molar-refractivity contribution in [3.63, 3.8) is 0 Å². The number of hydrogen-bond acceptors (Lipinski definition) is 3. The summed E-state index contributed by atoms with van der Waals surface area (Å²) in [5, 5.41) is 9.41. The van der Waals surface area contributed by atoms with Crippen molar-refractivity contribution >= 4 is 0 Å². The Morgan fingerprint density at radius 1 is 1.45 bits per heavy atom. The van der Waals surface area contributed by atoms with Gasteiger partial charge < -0.3 is 15.7 Å². The second-order valence-corrected chi connectivity index (χ2v) is 3.23. The Morgan fingerprint density at radius 2 is 2.00 bits per heavy atom. The molecule has 0 aliphatic heterocycles.